The predicted octanol–water partition coefficient (Wildman–Crippen LogP) is 2.67. The molecule has 1 amide bonds. The first-order valence-electron chi connectivity index (χ1n) is 5.55. The molecule has 19 heavy (non-hydrogen) atoms. The van der Waals surface area contributed by atoms with E-state index in [-0.39, 0.29) is 18.3 Å². The van der Waals surface area contributed by atoms with Crippen LogP contribution in [0.25, 0.3) is 0 Å². The fourth-order valence-corrected chi connectivity index (χ4v) is 3.17. The van der Waals surface area contributed by atoms with Gasteiger partial charge in [0.05, 0.1) is 6.54 Å². The fourth-order valence-electron chi connectivity index (χ4n) is 1.57. The Morgan fingerprint density at radius 2 is 2.21 bits per heavy atom. The standard InChI is InChI=1S/C12H15N3OS2.ClH/c1-8-3-4-9(18-8)6-15(2)12(16)10-7-17-11(5-13)14-10;/h3-4,7H,5-6,13H2,1-2H3;1H. The van der Waals surface area contributed by atoms with Crippen LogP contribution in [0.1, 0.15) is 25.3 Å². The van der Waals surface area contributed by atoms with E-state index < -0.39 is 0 Å². The van der Waals surface area contributed by atoms with Gasteiger partial charge >= 0.3 is 0 Å². The van der Waals surface area contributed by atoms with Crippen LogP contribution in [0.15, 0.2) is 17.5 Å². The molecule has 0 aliphatic carbocycles. The second-order valence-corrected chi connectivity index (χ2v) is 6.32. The van der Waals surface area contributed by atoms with Gasteiger partial charge in [-0.3, -0.25) is 4.79 Å². The topological polar surface area (TPSA) is 59.2 Å². The first kappa shape index (κ1) is 16.1. The molecule has 0 aromatic carbocycles. The van der Waals surface area contributed by atoms with Crippen LogP contribution in [-0.4, -0.2) is 22.8 Å². The van der Waals surface area contributed by atoms with E-state index in [4.69, 9.17) is 5.73 Å². The van der Waals surface area contributed by atoms with Crippen molar-refractivity contribution >= 4 is 41.0 Å². The molecular weight excluding hydrogens is 302 g/mol. The van der Waals surface area contributed by atoms with Gasteiger partial charge in [0.15, 0.2) is 0 Å². The molecule has 104 valence electrons. The monoisotopic (exact) mass is 317 g/mol. The van der Waals surface area contributed by atoms with Gasteiger partial charge in [-0.15, -0.1) is 35.1 Å². The van der Waals surface area contributed by atoms with E-state index in [9.17, 15) is 4.79 Å². The highest BCUT2D eigenvalue weighted by molar-refractivity contribution is 7.11. The quantitative estimate of drug-likeness (QED) is 0.943. The number of carbonyl (C=O) groups is 1. The van der Waals surface area contributed by atoms with Crippen molar-refractivity contribution < 1.29 is 4.79 Å². The Hall–Kier alpha value is -0.950. The van der Waals surface area contributed by atoms with E-state index in [0.29, 0.717) is 18.8 Å². The number of nitrogens with two attached hydrogens (primary N) is 1. The predicted molar refractivity (Wildman–Crippen MR) is 82.1 cm³/mol. The number of nitrogens with zero attached hydrogens (tertiary/aromatic N) is 2. The van der Waals surface area contributed by atoms with Gasteiger partial charge in [0.1, 0.15) is 10.7 Å². The molecule has 0 saturated carbocycles. The summed E-state index contributed by atoms with van der Waals surface area (Å²) in [5.74, 6) is -0.0583. The fraction of sp³-hybridized carbons (Fsp3) is 0.333. The lowest BCUT2D eigenvalue weighted by atomic mass is 10.3. The second-order valence-electron chi connectivity index (χ2n) is 4.00. The molecule has 0 bridgehead atoms. The lowest BCUT2D eigenvalue weighted by Gasteiger charge is -2.14. The molecule has 2 rings (SSSR count). The Balaban J connectivity index is 0.00000180. The average Bonchev–Trinajstić information content (AvgIpc) is 2.97. The zero-order chi connectivity index (χ0) is 13.1. The second kappa shape index (κ2) is 7.00. The number of aromatic nitrogens is 1. The van der Waals surface area contributed by atoms with E-state index in [1.165, 1.54) is 21.1 Å². The van der Waals surface area contributed by atoms with Crippen molar-refractivity contribution in [2.45, 2.75) is 20.0 Å². The Kier molecular flexibility index (Phi) is 5.93. The van der Waals surface area contributed by atoms with Crippen molar-refractivity contribution in [3.63, 3.8) is 0 Å². The Morgan fingerprint density at radius 1 is 1.47 bits per heavy atom. The lowest BCUT2D eigenvalue weighted by Crippen LogP contribution is -2.26. The smallest absolute Gasteiger partial charge is 0.273 e. The van der Waals surface area contributed by atoms with E-state index in [0.717, 1.165) is 5.01 Å². The maximum absolute atomic E-state index is 12.1. The maximum atomic E-state index is 12.1. The highest BCUT2D eigenvalue weighted by Crippen LogP contribution is 2.18. The van der Waals surface area contributed by atoms with E-state index in [2.05, 4.69) is 24.0 Å². The van der Waals surface area contributed by atoms with Gasteiger partial charge in [-0.1, -0.05) is 0 Å². The average molecular weight is 318 g/mol. The molecule has 0 unspecified atom stereocenters. The molecular formula is C12H16ClN3OS2. The Labute approximate surface area is 126 Å². The number of thiophene rings is 1. The molecule has 0 saturated heterocycles. The summed E-state index contributed by atoms with van der Waals surface area (Å²) < 4.78 is 0. The Morgan fingerprint density at radius 3 is 2.74 bits per heavy atom. The van der Waals surface area contributed by atoms with Crippen molar-refractivity contribution in [1.82, 2.24) is 9.88 Å². The summed E-state index contributed by atoms with van der Waals surface area (Å²) in [6.45, 7) is 3.06. The van der Waals surface area contributed by atoms with Crippen LogP contribution in [0.5, 0.6) is 0 Å². The van der Waals surface area contributed by atoms with Crippen molar-refractivity contribution in [3.8, 4) is 0 Å². The number of rotatable bonds is 4. The first-order valence-corrected chi connectivity index (χ1v) is 7.25. The lowest BCUT2D eigenvalue weighted by molar-refractivity contribution is 0.0781. The first-order chi connectivity index (χ1) is 8.60. The highest BCUT2D eigenvalue weighted by atomic mass is 35.5. The molecule has 4 nitrogen and oxygen atoms in total. The van der Waals surface area contributed by atoms with E-state index in [1.807, 2.05) is 0 Å². The van der Waals surface area contributed by atoms with Gasteiger partial charge in [-0.2, -0.15) is 0 Å². The number of hydrogen-bond acceptors (Lipinski definition) is 5. The summed E-state index contributed by atoms with van der Waals surface area (Å²) in [6, 6.07) is 4.11. The minimum Gasteiger partial charge on any atom is -0.335 e. The largest absolute Gasteiger partial charge is 0.335 e. The van der Waals surface area contributed by atoms with Crippen LogP contribution in [0.2, 0.25) is 0 Å². The highest BCUT2D eigenvalue weighted by Gasteiger charge is 2.15. The molecule has 0 fully saturated rings. The van der Waals surface area contributed by atoms with E-state index in [1.54, 1.807) is 28.7 Å². The van der Waals surface area contributed by atoms with Gasteiger partial charge in [-0.05, 0) is 19.1 Å². The van der Waals surface area contributed by atoms with Gasteiger partial charge in [0, 0.05) is 28.7 Å². The van der Waals surface area contributed by atoms with Crippen molar-refractivity contribution in [2.75, 3.05) is 7.05 Å². The van der Waals surface area contributed by atoms with Crippen molar-refractivity contribution in [2.24, 2.45) is 5.73 Å². The number of halogens is 1. The van der Waals surface area contributed by atoms with Crippen molar-refractivity contribution in [3.05, 3.63) is 38.0 Å². The molecule has 2 heterocycles. The van der Waals surface area contributed by atoms with Crippen LogP contribution in [0.4, 0.5) is 0 Å². The number of amides is 1. The molecule has 0 aliphatic heterocycles. The number of aryl methyl sites for hydroxylation is 1. The third kappa shape index (κ3) is 4.01. The zero-order valence-corrected chi connectivity index (χ0v) is 13.2. The van der Waals surface area contributed by atoms with Crippen molar-refractivity contribution in [1.29, 1.82) is 0 Å². The number of carbonyl (C=O) groups excluding carboxylic acids is 1. The zero-order valence-electron chi connectivity index (χ0n) is 10.8. The van der Waals surface area contributed by atoms with Gasteiger partial charge < -0.3 is 10.6 Å². The summed E-state index contributed by atoms with van der Waals surface area (Å²) in [5.41, 5.74) is 5.97. The minimum atomic E-state index is -0.0583. The minimum absolute atomic E-state index is 0. The normalized spacial score (nSPS) is 10.1. The van der Waals surface area contributed by atoms with Crippen LogP contribution < -0.4 is 5.73 Å². The van der Waals surface area contributed by atoms with Gasteiger partial charge in [-0.25, -0.2) is 4.98 Å². The molecule has 0 spiro atoms. The summed E-state index contributed by atoms with van der Waals surface area (Å²) in [6.07, 6.45) is 0. The third-order valence-electron chi connectivity index (χ3n) is 2.48. The molecule has 0 radical (unpaired) electrons. The van der Waals surface area contributed by atoms with Gasteiger partial charge in [0.2, 0.25) is 0 Å². The van der Waals surface area contributed by atoms with E-state index >= 15 is 0 Å². The van der Waals surface area contributed by atoms with Crippen LogP contribution >= 0.6 is 35.1 Å². The van der Waals surface area contributed by atoms with Crippen LogP contribution in [0, 0.1) is 6.92 Å². The number of thiazole rings is 1. The molecule has 0 aliphatic rings. The summed E-state index contributed by atoms with van der Waals surface area (Å²) in [4.78, 5) is 20.4. The van der Waals surface area contributed by atoms with Gasteiger partial charge in [0.25, 0.3) is 5.91 Å². The van der Waals surface area contributed by atoms with Crippen LogP contribution in [-0.2, 0) is 13.1 Å². The Bertz CT molecular complexity index is 553. The third-order valence-corrected chi connectivity index (χ3v) is 4.34. The molecule has 2 N–H and O–H groups in total. The molecule has 7 heteroatoms. The maximum Gasteiger partial charge on any atom is 0.273 e. The molecule has 2 aromatic heterocycles. The summed E-state index contributed by atoms with van der Waals surface area (Å²) >= 11 is 3.13. The molecule has 0 atom stereocenters. The number of hydrogen-bond donors (Lipinski definition) is 1. The van der Waals surface area contributed by atoms with Crippen LogP contribution in [0.3, 0.4) is 0 Å². The summed E-state index contributed by atoms with van der Waals surface area (Å²) in [7, 11) is 1.79. The SMILES string of the molecule is Cc1ccc(CN(C)C(=O)c2csc(CN)n2)s1.Cl. The molecule has 2 aromatic rings. The summed E-state index contributed by atoms with van der Waals surface area (Å²) in [5, 5.41) is 2.56.